The molecule has 2 fully saturated rings. The molecule has 0 aromatic heterocycles. The smallest absolute Gasteiger partial charge is 0.168 e. The van der Waals surface area contributed by atoms with Crippen LogP contribution in [0.4, 0.5) is 0 Å². The molecule has 5 heteroatoms. The molecular formula is C17H18O5. The Morgan fingerprint density at radius 1 is 0.955 bits per heavy atom. The molecule has 1 aromatic carbocycles. The fourth-order valence-electron chi connectivity index (χ4n) is 3.46. The molecule has 2 aliphatic heterocycles. The predicted octanol–water partition coefficient (Wildman–Crippen LogP) is 0.590. The first-order chi connectivity index (χ1) is 10.6. The van der Waals surface area contributed by atoms with Gasteiger partial charge in [-0.3, -0.25) is 4.79 Å². The topological polar surface area (TPSA) is 79.3 Å². The minimum atomic E-state index is -1.09. The highest BCUT2D eigenvalue weighted by Crippen LogP contribution is 2.45. The van der Waals surface area contributed by atoms with Crippen LogP contribution in [0.2, 0.25) is 0 Å². The van der Waals surface area contributed by atoms with Crippen LogP contribution in [0.25, 0.3) is 0 Å². The average molecular weight is 302 g/mol. The first-order valence-electron chi connectivity index (χ1n) is 7.62. The van der Waals surface area contributed by atoms with Gasteiger partial charge in [0.25, 0.3) is 0 Å². The van der Waals surface area contributed by atoms with Crippen LogP contribution in [0.1, 0.15) is 12.0 Å². The Kier molecular flexibility index (Phi) is 3.29. The summed E-state index contributed by atoms with van der Waals surface area (Å²) < 4.78 is 11.1. The van der Waals surface area contributed by atoms with Crippen molar-refractivity contribution in [2.45, 2.75) is 43.4 Å². The number of hydrogen-bond acceptors (Lipinski definition) is 5. The van der Waals surface area contributed by atoms with Gasteiger partial charge in [0, 0.05) is 12.5 Å². The van der Waals surface area contributed by atoms with Gasteiger partial charge in [0.15, 0.2) is 5.78 Å². The van der Waals surface area contributed by atoms with Gasteiger partial charge in [0.2, 0.25) is 0 Å². The van der Waals surface area contributed by atoms with Crippen LogP contribution in [0.5, 0.6) is 0 Å². The second-order valence-corrected chi connectivity index (χ2v) is 6.15. The third-order valence-corrected chi connectivity index (χ3v) is 4.71. The summed E-state index contributed by atoms with van der Waals surface area (Å²) in [5, 5.41) is 20.1. The third-order valence-electron chi connectivity index (χ3n) is 4.71. The van der Waals surface area contributed by atoms with Crippen LogP contribution in [-0.2, 0) is 20.7 Å². The molecule has 1 saturated heterocycles. The molecule has 2 unspecified atom stereocenters. The monoisotopic (exact) mass is 302 g/mol. The Hall–Kier alpha value is -1.69. The van der Waals surface area contributed by atoms with Crippen molar-refractivity contribution < 1.29 is 24.5 Å². The summed E-state index contributed by atoms with van der Waals surface area (Å²) in [6.07, 6.45) is -0.638. The standard InChI is InChI=1S/C17H18O5/c18-11-8-10(7-6-9-4-2-1-3-5-9)21-15-12(11)16-17(22-16)14(20)13(15)19/h1-5,8,12-17,19-20H,6-7H2/t12?,13-,14-,15?,16+,17-/m1/s1. The Balaban J connectivity index is 1.49. The first-order valence-corrected chi connectivity index (χ1v) is 7.62. The first kappa shape index (κ1) is 13.9. The highest BCUT2D eigenvalue weighted by atomic mass is 16.6. The number of aliphatic hydroxyl groups excluding tert-OH is 2. The number of benzene rings is 1. The molecule has 0 radical (unpaired) electrons. The molecule has 2 heterocycles. The number of ketones is 1. The van der Waals surface area contributed by atoms with Gasteiger partial charge >= 0.3 is 0 Å². The lowest BCUT2D eigenvalue weighted by Crippen LogP contribution is -2.55. The van der Waals surface area contributed by atoms with Gasteiger partial charge in [-0.1, -0.05) is 30.3 Å². The van der Waals surface area contributed by atoms with Crippen molar-refractivity contribution in [3.05, 3.63) is 47.7 Å². The Bertz CT molecular complexity index is 611. The van der Waals surface area contributed by atoms with E-state index in [1.165, 1.54) is 6.08 Å². The van der Waals surface area contributed by atoms with E-state index in [0.29, 0.717) is 12.2 Å². The van der Waals surface area contributed by atoms with Gasteiger partial charge in [-0.05, 0) is 12.0 Å². The highest BCUT2D eigenvalue weighted by Gasteiger charge is 2.64. The van der Waals surface area contributed by atoms with E-state index < -0.39 is 30.3 Å². The van der Waals surface area contributed by atoms with E-state index in [1.807, 2.05) is 30.3 Å². The Morgan fingerprint density at radius 2 is 1.68 bits per heavy atom. The fourth-order valence-corrected chi connectivity index (χ4v) is 3.46. The molecule has 0 amide bonds. The van der Waals surface area contributed by atoms with E-state index >= 15 is 0 Å². The van der Waals surface area contributed by atoms with Crippen LogP contribution in [0.15, 0.2) is 42.2 Å². The average Bonchev–Trinajstić information content (AvgIpc) is 3.32. The second-order valence-electron chi connectivity index (χ2n) is 6.15. The summed E-state index contributed by atoms with van der Waals surface area (Å²) >= 11 is 0. The number of rotatable bonds is 3. The van der Waals surface area contributed by atoms with E-state index in [4.69, 9.17) is 9.47 Å². The Labute approximate surface area is 128 Å². The Morgan fingerprint density at radius 3 is 2.45 bits per heavy atom. The maximum atomic E-state index is 12.3. The van der Waals surface area contributed by atoms with Gasteiger partial charge in [-0.25, -0.2) is 0 Å². The number of aryl methyl sites for hydroxylation is 1. The van der Waals surface area contributed by atoms with E-state index in [2.05, 4.69) is 0 Å². The molecule has 1 aliphatic carbocycles. The van der Waals surface area contributed by atoms with E-state index in [1.54, 1.807) is 0 Å². The molecular weight excluding hydrogens is 284 g/mol. The quantitative estimate of drug-likeness (QED) is 0.799. The van der Waals surface area contributed by atoms with E-state index in [-0.39, 0.29) is 11.9 Å². The van der Waals surface area contributed by atoms with Gasteiger partial charge in [0.1, 0.15) is 36.3 Å². The van der Waals surface area contributed by atoms with Gasteiger partial charge < -0.3 is 19.7 Å². The number of fused-ring (bicyclic) bond motifs is 3. The second kappa shape index (κ2) is 5.19. The van der Waals surface area contributed by atoms with Crippen molar-refractivity contribution in [1.82, 2.24) is 0 Å². The largest absolute Gasteiger partial charge is 0.491 e. The molecule has 1 saturated carbocycles. The lowest BCUT2D eigenvalue weighted by Gasteiger charge is -2.37. The maximum absolute atomic E-state index is 12.3. The lowest BCUT2D eigenvalue weighted by atomic mass is 9.78. The maximum Gasteiger partial charge on any atom is 0.168 e. The number of epoxide rings is 1. The molecule has 5 nitrogen and oxygen atoms in total. The van der Waals surface area contributed by atoms with Crippen molar-refractivity contribution in [3.8, 4) is 0 Å². The van der Waals surface area contributed by atoms with E-state index in [0.717, 1.165) is 12.0 Å². The summed E-state index contributed by atoms with van der Waals surface area (Å²) in [5.74, 6) is 0.00194. The molecule has 4 rings (SSSR count). The molecule has 1 aromatic rings. The number of allylic oxidation sites excluding steroid dienone is 2. The summed E-state index contributed by atoms with van der Waals surface area (Å²) in [5.41, 5.74) is 1.16. The van der Waals surface area contributed by atoms with Crippen molar-refractivity contribution in [3.63, 3.8) is 0 Å². The van der Waals surface area contributed by atoms with Crippen LogP contribution in [-0.4, -0.2) is 46.5 Å². The minimum Gasteiger partial charge on any atom is -0.491 e. The van der Waals surface area contributed by atoms with Gasteiger partial charge in [-0.2, -0.15) is 0 Å². The number of ether oxygens (including phenoxy) is 2. The zero-order valence-corrected chi connectivity index (χ0v) is 12.0. The van der Waals surface area contributed by atoms with Crippen molar-refractivity contribution >= 4 is 5.78 Å². The zero-order valence-electron chi connectivity index (χ0n) is 12.0. The molecule has 0 bridgehead atoms. The SMILES string of the molecule is O=C1C=C(CCc2ccccc2)OC2C1[C@@H]1O[C@@H]1[C@H](O)[C@H]2O. The van der Waals surface area contributed by atoms with Crippen LogP contribution >= 0.6 is 0 Å². The van der Waals surface area contributed by atoms with Gasteiger partial charge in [0.05, 0.1) is 5.92 Å². The van der Waals surface area contributed by atoms with Crippen LogP contribution < -0.4 is 0 Å². The summed E-state index contributed by atoms with van der Waals surface area (Å²) in [6.45, 7) is 0. The molecule has 2 N–H and O–H groups in total. The number of hydrogen-bond donors (Lipinski definition) is 2. The van der Waals surface area contributed by atoms with Crippen LogP contribution in [0.3, 0.4) is 0 Å². The lowest BCUT2D eigenvalue weighted by molar-refractivity contribution is -0.143. The van der Waals surface area contributed by atoms with E-state index in [9.17, 15) is 15.0 Å². The molecule has 6 atom stereocenters. The third kappa shape index (κ3) is 2.26. The highest BCUT2D eigenvalue weighted by molar-refractivity contribution is 5.94. The van der Waals surface area contributed by atoms with Crippen molar-refractivity contribution in [2.24, 2.45) is 5.92 Å². The summed E-state index contributed by atoms with van der Waals surface area (Å²) in [7, 11) is 0. The van der Waals surface area contributed by atoms with Crippen molar-refractivity contribution in [1.29, 1.82) is 0 Å². The minimum absolute atomic E-state index is 0.0715. The number of carbonyl (C=O) groups excluding carboxylic acids is 1. The number of aliphatic hydroxyl groups is 2. The summed E-state index contributed by atoms with van der Waals surface area (Å²) in [4.78, 5) is 12.3. The molecule has 3 aliphatic rings. The zero-order chi connectivity index (χ0) is 15.3. The molecule has 0 spiro atoms. The fraction of sp³-hybridized carbons (Fsp3) is 0.471. The number of carbonyl (C=O) groups is 1. The van der Waals surface area contributed by atoms with Gasteiger partial charge in [-0.15, -0.1) is 0 Å². The summed E-state index contributed by atoms with van der Waals surface area (Å²) in [6, 6.07) is 9.95. The van der Waals surface area contributed by atoms with Crippen LogP contribution in [0, 0.1) is 5.92 Å². The van der Waals surface area contributed by atoms with Crippen molar-refractivity contribution in [2.75, 3.05) is 0 Å². The molecule has 116 valence electrons. The predicted molar refractivity (Wildman–Crippen MR) is 76.9 cm³/mol. The normalized spacial score (nSPS) is 39.4. The molecule has 22 heavy (non-hydrogen) atoms.